The second kappa shape index (κ2) is 6.30. The summed E-state index contributed by atoms with van der Waals surface area (Å²) in [4.78, 5) is 7.55. The molecule has 2 heterocycles. The maximum absolute atomic E-state index is 10.3. The zero-order valence-electron chi connectivity index (χ0n) is 13.4. The van der Waals surface area contributed by atoms with Gasteiger partial charge in [0.1, 0.15) is 29.5 Å². The average Bonchev–Trinajstić information content (AvgIpc) is 3.16. The number of aromatic amines is 1. The molecule has 0 spiro atoms. The molecular formula is C18H14BrN5O2. The predicted octanol–water partition coefficient (Wildman–Crippen LogP) is 3.63. The van der Waals surface area contributed by atoms with Crippen molar-refractivity contribution in [2.75, 3.05) is 6.54 Å². The third kappa shape index (κ3) is 2.84. The van der Waals surface area contributed by atoms with E-state index < -0.39 is 0 Å². The number of imidazole rings is 1. The number of hydrazone groups is 1. The first-order valence-electron chi connectivity index (χ1n) is 7.79. The molecule has 0 atom stereocenters. The van der Waals surface area contributed by atoms with Crippen molar-refractivity contribution in [3.8, 4) is 5.75 Å². The molecule has 1 aliphatic heterocycles. The number of hydrogen-bond donors (Lipinski definition) is 4. The van der Waals surface area contributed by atoms with Gasteiger partial charge in [-0.05, 0) is 30.3 Å². The Morgan fingerprint density at radius 3 is 2.85 bits per heavy atom. The van der Waals surface area contributed by atoms with E-state index in [2.05, 4.69) is 31.0 Å². The molecule has 0 unspecified atom stereocenters. The second-order valence-corrected chi connectivity index (χ2v) is 6.69. The molecule has 0 aliphatic carbocycles. The number of aromatic hydroxyl groups is 1. The number of phenols is 1. The summed E-state index contributed by atoms with van der Waals surface area (Å²) in [6, 6.07) is 12.5. The van der Waals surface area contributed by atoms with Crippen LogP contribution in [0.15, 0.2) is 57.8 Å². The molecule has 0 saturated carbocycles. The zero-order chi connectivity index (χ0) is 18.3. The van der Waals surface area contributed by atoms with E-state index in [1.165, 1.54) is 11.2 Å². The maximum Gasteiger partial charge on any atom is 0.156 e. The fourth-order valence-electron chi connectivity index (χ4n) is 2.74. The lowest BCUT2D eigenvalue weighted by Crippen LogP contribution is -2.21. The van der Waals surface area contributed by atoms with Gasteiger partial charge in [-0.1, -0.05) is 28.1 Å². The predicted molar refractivity (Wildman–Crippen MR) is 103 cm³/mol. The van der Waals surface area contributed by atoms with Gasteiger partial charge in [0.05, 0.1) is 17.2 Å². The van der Waals surface area contributed by atoms with Crippen molar-refractivity contribution in [2.24, 2.45) is 5.10 Å². The number of halogens is 1. The van der Waals surface area contributed by atoms with Gasteiger partial charge in [-0.25, -0.2) is 9.99 Å². The molecule has 3 aromatic rings. The largest absolute Gasteiger partial charge is 0.509 e. The number of amidine groups is 1. The van der Waals surface area contributed by atoms with Crippen molar-refractivity contribution >= 4 is 44.6 Å². The highest BCUT2D eigenvalue weighted by molar-refractivity contribution is 9.10. The minimum atomic E-state index is 0.0182. The van der Waals surface area contributed by atoms with Crippen LogP contribution in [-0.2, 0) is 0 Å². The third-order valence-corrected chi connectivity index (χ3v) is 4.53. The lowest BCUT2D eigenvalue weighted by molar-refractivity contribution is 0.358. The number of nitrogens with zero attached hydrogens (tertiary/aromatic N) is 3. The first-order chi connectivity index (χ1) is 12.5. The molecule has 130 valence electrons. The van der Waals surface area contributed by atoms with Crippen LogP contribution >= 0.6 is 15.9 Å². The molecule has 0 radical (unpaired) electrons. The summed E-state index contributed by atoms with van der Waals surface area (Å²) in [6.07, 6.45) is 1.45. The third-order valence-electron chi connectivity index (χ3n) is 4.03. The Bertz CT molecular complexity index is 1050. The fourth-order valence-corrected chi connectivity index (χ4v) is 3.12. The smallest absolute Gasteiger partial charge is 0.156 e. The molecule has 1 aromatic heterocycles. The normalized spacial score (nSPS) is 15.0. The molecule has 0 saturated heterocycles. The number of H-pyrrole nitrogens is 1. The molecule has 4 rings (SSSR count). The van der Waals surface area contributed by atoms with Crippen molar-refractivity contribution in [3.63, 3.8) is 0 Å². The van der Waals surface area contributed by atoms with Crippen LogP contribution in [0.4, 0.5) is 0 Å². The first kappa shape index (κ1) is 16.3. The Morgan fingerprint density at radius 1 is 1.23 bits per heavy atom. The van der Waals surface area contributed by atoms with Crippen molar-refractivity contribution in [1.29, 1.82) is 5.41 Å². The standard InChI is InChI=1S/C18H14BrN5O2/c19-11-5-6-14(25)10(7-11)8-21-24-9-15(26)16(17(24)20)18-22-12-3-1-2-4-13(12)23-18/h1-8,20,25-26H,9H2,(H,22,23). The lowest BCUT2D eigenvalue weighted by Gasteiger charge is -2.11. The molecule has 0 amide bonds. The van der Waals surface area contributed by atoms with Gasteiger partial charge < -0.3 is 15.2 Å². The SMILES string of the molecule is N=C1C(c2nc3ccccc3[nH]2)=C(O)CN1N=Cc1cc(Br)ccc1O. The minimum absolute atomic E-state index is 0.0182. The number of aromatic nitrogens is 2. The summed E-state index contributed by atoms with van der Waals surface area (Å²) < 4.78 is 0.803. The summed E-state index contributed by atoms with van der Waals surface area (Å²) in [5.41, 5.74) is 2.41. The molecule has 8 heteroatoms. The van der Waals surface area contributed by atoms with Crippen LogP contribution in [-0.4, -0.2) is 43.8 Å². The van der Waals surface area contributed by atoms with E-state index in [4.69, 9.17) is 5.41 Å². The topological polar surface area (TPSA) is 109 Å². The number of phenolic OH excluding ortho intramolecular Hbond substituents is 1. The number of nitrogens with one attached hydrogen (secondary N) is 2. The fraction of sp³-hybridized carbons (Fsp3) is 0.0556. The van der Waals surface area contributed by atoms with Crippen molar-refractivity contribution in [1.82, 2.24) is 15.0 Å². The highest BCUT2D eigenvalue weighted by atomic mass is 79.9. The highest BCUT2D eigenvalue weighted by Gasteiger charge is 2.30. The molecule has 2 aromatic carbocycles. The summed E-state index contributed by atoms with van der Waals surface area (Å²) in [5, 5.41) is 34.1. The van der Waals surface area contributed by atoms with Crippen LogP contribution in [0.5, 0.6) is 5.75 Å². The van der Waals surface area contributed by atoms with E-state index in [1.54, 1.807) is 18.2 Å². The Hall–Kier alpha value is -3.13. The summed E-state index contributed by atoms with van der Waals surface area (Å²) in [7, 11) is 0. The van der Waals surface area contributed by atoms with E-state index in [1.807, 2.05) is 24.3 Å². The molecule has 4 N–H and O–H groups in total. The van der Waals surface area contributed by atoms with E-state index in [0.717, 1.165) is 15.5 Å². The quantitative estimate of drug-likeness (QED) is 0.493. The molecule has 0 fully saturated rings. The van der Waals surface area contributed by atoms with Gasteiger partial charge in [0, 0.05) is 10.0 Å². The Labute approximate surface area is 156 Å². The van der Waals surface area contributed by atoms with Crippen LogP contribution in [0, 0.1) is 5.41 Å². The number of fused-ring (bicyclic) bond motifs is 1. The zero-order valence-corrected chi connectivity index (χ0v) is 15.0. The van der Waals surface area contributed by atoms with Gasteiger partial charge in [-0.2, -0.15) is 5.10 Å². The van der Waals surface area contributed by atoms with Crippen LogP contribution in [0.1, 0.15) is 11.4 Å². The van der Waals surface area contributed by atoms with E-state index in [9.17, 15) is 10.2 Å². The Balaban J connectivity index is 1.62. The number of hydrogen-bond acceptors (Lipinski definition) is 5. The van der Waals surface area contributed by atoms with E-state index in [-0.39, 0.29) is 23.9 Å². The van der Waals surface area contributed by atoms with E-state index >= 15 is 0 Å². The monoisotopic (exact) mass is 411 g/mol. The van der Waals surface area contributed by atoms with Crippen molar-refractivity contribution < 1.29 is 10.2 Å². The van der Waals surface area contributed by atoms with Gasteiger partial charge in [-0.3, -0.25) is 5.41 Å². The van der Waals surface area contributed by atoms with Crippen molar-refractivity contribution in [2.45, 2.75) is 0 Å². The highest BCUT2D eigenvalue weighted by Crippen LogP contribution is 2.27. The molecular weight excluding hydrogens is 398 g/mol. The number of aliphatic hydroxyl groups is 1. The van der Waals surface area contributed by atoms with Crippen LogP contribution in [0.2, 0.25) is 0 Å². The Morgan fingerprint density at radius 2 is 2.04 bits per heavy atom. The molecule has 26 heavy (non-hydrogen) atoms. The summed E-state index contributed by atoms with van der Waals surface area (Å²) in [6.45, 7) is 0.0659. The average molecular weight is 412 g/mol. The number of benzene rings is 2. The van der Waals surface area contributed by atoms with E-state index in [0.29, 0.717) is 17.0 Å². The maximum atomic E-state index is 10.3. The summed E-state index contributed by atoms with van der Waals surface area (Å²) >= 11 is 3.34. The van der Waals surface area contributed by atoms with Crippen LogP contribution in [0.25, 0.3) is 16.6 Å². The Kier molecular flexibility index (Phi) is 3.96. The molecule has 7 nitrogen and oxygen atoms in total. The van der Waals surface area contributed by atoms with Gasteiger partial charge >= 0.3 is 0 Å². The number of rotatable bonds is 3. The van der Waals surface area contributed by atoms with Crippen molar-refractivity contribution in [3.05, 3.63) is 64.1 Å². The number of aliphatic hydroxyl groups excluding tert-OH is 1. The minimum Gasteiger partial charge on any atom is -0.509 e. The molecule has 1 aliphatic rings. The van der Waals surface area contributed by atoms with Gasteiger partial charge in [0.2, 0.25) is 0 Å². The number of para-hydroxylation sites is 2. The summed E-state index contributed by atoms with van der Waals surface area (Å²) in [5.74, 6) is 0.561. The second-order valence-electron chi connectivity index (χ2n) is 5.78. The van der Waals surface area contributed by atoms with Crippen LogP contribution in [0.3, 0.4) is 0 Å². The van der Waals surface area contributed by atoms with Crippen LogP contribution < -0.4 is 0 Å². The first-order valence-corrected chi connectivity index (χ1v) is 8.58. The molecule has 0 bridgehead atoms. The van der Waals surface area contributed by atoms with Gasteiger partial charge in [0.15, 0.2) is 5.84 Å². The van der Waals surface area contributed by atoms with Gasteiger partial charge in [-0.15, -0.1) is 0 Å². The lowest BCUT2D eigenvalue weighted by atomic mass is 10.2. The van der Waals surface area contributed by atoms with Gasteiger partial charge in [0.25, 0.3) is 0 Å².